The molecule has 1 aromatic rings. The number of hydrogen-bond acceptors (Lipinski definition) is 1. The Hall–Kier alpha value is -1.27. The van der Waals surface area contributed by atoms with Gasteiger partial charge in [0.25, 0.3) is 0 Å². The number of nitrogens with zero attached hydrogens (tertiary/aromatic N) is 2. The molecule has 0 aromatic carbocycles. The van der Waals surface area contributed by atoms with Crippen molar-refractivity contribution in [2.45, 2.75) is 26.7 Å². The molecule has 2 nitrogen and oxygen atoms in total. The molecule has 0 spiro atoms. The molecule has 0 aliphatic rings. The van der Waals surface area contributed by atoms with Crippen molar-refractivity contribution in [3.8, 4) is 0 Å². The summed E-state index contributed by atoms with van der Waals surface area (Å²) < 4.78 is 1.91. The minimum atomic E-state index is 0.542. The van der Waals surface area contributed by atoms with Crippen molar-refractivity contribution in [2.24, 2.45) is 7.05 Å². The van der Waals surface area contributed by atoms with Crippen molar-refractivity contribution in [2.75, 3.05) is 0 Å². The Kier molecular flexibility index (Phi) is 4.86. The Balaban J connectivity index is 0.000000424. The molecule has 13 heavy (non-hydrogen) atoms. The fraction of sp³-hybridized carbons (Fsp3) is 0.455. The van der Waals surface area contributed by atoms with Gasteiger partial charge in [-0.25, -0.2) is 0 Å². The lowest BCUT2D eigenvalue weighted by molar-refractivity contribution is 0.698. The molecule has 0 bridgehead atoms. The van der Waals surface area contributed by atoms with Crippen LogP contribution in [-0.2, 0) is 7.05 Å². The van der Waals surface area contributed by atoms with E-state index in [0.717, 1.165) is 0 Å². The Morgan fingerprint density at radius 2 is 1.92 bits per heavy atom. The Labute approximate surface area is 80.6 Å². The van der Waals surface area contributed by atoms with Crippen LogP contribution < -0.4 is 0 Å². The molecule has 0 atom stereocenters. The second-order valence-electron chi connectivity index (χ2n) is 3.24. The van der Waals surface area contributed by atoms with Crippen molar-refractivity contribution in [1.82, 2.24) is 9.78 Å². The van der Waals surface area contributed by atoms with Gasteiger partial charge in [-0.2, -0.15) is 5.10 Å². The first-order chi connectivity index (χ1) is 6.02. The number of aromatic nitrogens is 2. The van der Waals surface area contributed by atoms with Gasteiger partial charge in [-0.1, -0.05) is 27.0 Å². The summed E-state index contributed by atoms with van der Waals surface area (Å²) in [5.41, 5.74) is 4.66. The van der Waals surface area contributed by atoms with Crippen LogP contribution in [0, 0.1) is 6.92 Å². The first-order valence-corrected chi connectivity index (χ1v) is 4.32. The zero-order valence-electron chi connectivity index (χ0n) is 8.96. The largest absolute Gasteiger partial charge is 0.273 e. The fourth-order valence-corrected chi connectivity index (χ4v) is 0.871. The highest BCUT2D eigenvalue weighted by atomic mass is 15.3. The van der Waals surface area contributed by atoms with E-state index >= 15 is 0 Å². The topological polar surface area (TPSA) is 17.8 Å². The SMILES string of the molecule is C=C=C.Cc1cc(C(C)C)nn1C. The van der Waals surface area contributed by atoms with Crippen LogP contribution in [0.4, 0.5) is 0 Å². The maximum atomic E-state index is 4.33. The highest BCUT2D eigenvalue weighted by molar-refractivity contribution is 5.11. The minimum absolute atomic E-state index is 0.542. The van der Waals surface area contributed by atoms with E-state index in [0.29, 0.717) is 5.92 Å². The minimum Gasteiger partial charge on any atom is -0.273 e. The van der Waals surface area contributed by atoms with E-state index in [-0.39, 0.29) is 0 Å². The molecule has 0 unspecified atom stereocenters. The molecule has 1 rings (SSSR count). The molecule has 0 radical (unpaired) electrons. The zero-order valence-corrected chi connectivity index (χ0v) is 8.96. The summed E-state index contributed by atoms with van der Waals surface area (Å²) in [4.78, 5) is 0. The van der Waals surface area contributed by atoms with Gasteiger partial charge in [0.2, 0.25) is 0 Å². The van der Waals surface area contributed by atoms with Crippen molar-refractivity contribution in [3.63, 3.8) is 0 Å². The lowest BCUT2D eigenvalue weighted by Crippen LogP contribution is -1.94. The summed E-state index contributed by atoms with van der Waals surface area (Å²) in [5, 5.41) is 4.33. The van der Waals surface area contributed by atoms with Crippen LogP contribution in [0.2, 0.25) is 0 Å². The van der Waals surface area contributed by atoms with Gasteiger partial charge in [-0.15, -0.1) is 5.73 Å². The van der Waals surface area contributed by atoms with Crippen molar-refractivity contribution in [1.29, 1.82) is 0 Å². The smallest absolute Gasteiger partial charge is 0.0652 e. The predicted octanol–water partition coefficient (Wildman–Crippen LogP) is 2.81. The van der Waals surface area contributed by atoms with Crippen LogP contribution in [0.25, 0.3) is 0 Å². The first kappa shape index (κ1) is 11.7. The fourth-order valence-electron chi connectivity index (χ4n) is 0.871. The molecule has 0 N–H and O–H groups in total. The average molecular weight is 178 g/mol. The normalized spacial score (nSPS) is 9.00. The molecule has 72 valence electrons. The van der Waals surface area contributed by atoms with Gasteiger partial charge in [0, 0.05) is 12.7 Å². The average Bonchev–Trinajstić information content (AvgIpc) is 2.34. The van der Waals surface area contributed by atoms with Gasteiger partial charge in [0.15, 0.2) is 0 Å². The van der Waals surface area contributed by atoms with Crippen LogP contribution in [0.3, 0.4) is 0 Å². The summed E-state index contributed by atoms with van der Waals surface area (Å²) >= 11 is 0. The van der Waals surface area contributed by atoms with Crippen LogP contribution >= 0.6 is 0 Å². The van der Waals surface area contributed by atoms with Gasteiger partial charge >= 0.3 is 0 Å². The number of hydrogen-bond donors (Lipinski definition) is 0. The summed E-state index contributed by atoms with van der Waals surface area (Å²) in [5.74, 6) is 0.542. The molecule has 0 amide bonds. The van der Waals surface area contributed by atoms with E-state index in [9.17, 15) is 0 Å². The lowest BCUT2D eigenvalue weighted by Gasteiger charge is -1.95. The zero-order chi connectivity index (χ0) is 10.4. The second kappa shape index (κ2) is 5.39. The standard InChI is InChI=1S/C8H14N2.C3H4/c1-6(2)8-5-7(3)10(4)9-8;1-3-2/h5-6H,1-4H3;1-2H2. The molecular formula is C11H18N2. The van der Waals surface area contributed by atoms with Gasteiger partial charge in [-0.05, 0) is 18.9 Å². The molecule has 0 saturated heterocycles. The number of rotatable bonds is 1. The highest BCUT2D eigenvalue weighted by Gasteiger charge is 2.03. The van der Waals surface area contributed by atoms with Crippen molar-refractivity contribution >= 4 is 0 Å². The molecule has 1 heterocycles. The molecule has 0 fully saturated rings. The monoisotopic (exact) mass is 178 g/mol. The maximum absolute atomic E-state index is 4.33. The molecule has 1 aromatic heterocycles. The number of aryl methyl sites for hydroxylation is 2. The molecule has 0 aliphatic carbocycles. The van der Waals surface area contributed by atoms with Crippen LogP contribution in [0.15, 0.2) is 25.0 Å². The predicted molar refractivity (Wildman–Crippen MR) is 56.8 cm³/mol. The van der Waals surface area contributed by atoms with E-state index in [1.54, 1.807) is 0 Å². The Bertz CT molecular complexity index is 270. The summed E-state index contributed by atoms with van der Waals surface area (Å²) in [6.07, 6.45) is 0. The Morgan fingerprint density at radius 1 is 1.46 bits per heavy atom. The lowest BCUT2D eigenvalue weighted by atomic mass is 10.1. The maximum Gasteiger partial charge on any atom is 0.0652 e. The quantitative estimate of drug-likeness (QED) is 0.605. The third-order valence-corrected chi connectivity index (χ3v) is 1.72. The third-order valence-electron chi connectivity index (χ3n) is 1.72. The molecule has 0 saturated carbocycles. The van der Waals surface area contributed by atoms with E-state index < -0.39 is 0 Å². The Morgan fingerprint density at radius 3 is 2.08 bits per heavy atom. The summed E-state index contributed by atoms with van der Waals surface area (Å²) in [7, 11) is 1.97. The highest BCUT2D eigenvalue weighted by Crippen LogP contribution is 2.12. The molecule has 2 heteroatoms. The van der Waals surface area contributed by atoms with Crippen LogP contribution in [-0.4, -0.2) is 9.78 Å². The third kappa shape index (κ3) is 3.77. The summed E-state index contributed by atoms with van der Waals surface area (Å²) in [6, 6.07) is 2.13. The van der Waals surface area contributed by atoms with E-state index in [4.69, 9.17) is 0 Å². The van der Waals surface area contributed by atoms with E-state index in [2.05, 4.69) is 50.8 Å². The van der Waals surface area contributed by atoms with Crippen molar-refractivity contribution in [3.05, 3.63) is 36.3 Å². The van der Waals surface area contributed by atoms with Gasteiger partial charge in [0.05, 0.1) is 5.69 Å². The molecular weight excluding hydrogens is 160 g/mol. The van der Waals surface area contributed by atoms with Gasteiger partial charge < -0.3 is 0 Å². The first-order valence-electron chi connectivity index (χ1n) is 4.32. The van der Waals surface area contributed by atoms with E-state index in [1.807, 2.05) is 11.7 Å². The molecule has 0 aliphatic heterocycles. The second-order valence-corrected chi connectivity index (χ2v) is 3.24. The van der Waals surface area contributed by atoms with Gasteiger partial charge in [-0.3, -0.25) is 4.68 Å². The van der Waals surface area contributed by atoms with Crippen molar-refractivity contribution < 1.29 is 0 Å². The van der Waals surface area contributed by atoms with Gasteiger partial charge in [0.1, 0.15) is 0 Å². The van der Waals surface area contributed by atoms with Crippen LogP contribution in [0.5, 0.6) is 0 Å². The van der Waals surface area contributed by atoms with Crippen LogP contribution in [0.1, 0.15) is 31.2 Å². The summed E-state index contributed by atoms with van der Waals surface area (Å²) in [6.45, 7) is 12.6. The van der Waals surface area contributed by atoms with E-state index in [1.165, 1.54) is 11.4 Å².